The van der Waals surface area contributed by atoms with Gasteiger partial charge in [-0.1, -0.05) is 23.7 Å². The molecule has 0 amide bonds. The topological polar surface area (TPSA) is 48.1 Å². The summed E-state index contributed by atoms with van der Waals surface area (Å²) in [7, 11) is 0. The zero-order chi connectivity index (χ0) is 13.8. The fraction of sp³-hybridized carbons (Fsp3) is 0.267. The van der Waals surface area contributed by atoms with Crippen molar-refractivity contribution in [2.24, 2.45) is 5.73 Å². The van der Waals surface area contributed by atoms with Gasteiger partial charge < -0.3 is 10.5 Å². The normalized spacial score (nSPS) is 12.2. The van der Waals surface area contributed by atoms with Gasteiger partial charge in [0.15, 0.2) is 0 Å². The van der Waals surface area contributed by atoms with E-state index in [0.717, 1.165) is 22.4 Å². The molecule has 2 rings (SSSR count). The molecule has 100 valence electrons. The summed E-state index contributed by atoms with van der Waals surface area (Å²) in [5.74, 6) is 0.845. The van der Waals surface area contributed by atoms with Crippen molar-refractivity contribution in [2.75, 3.05) is 0 Å². The SMILES string of the molecule is Cc1cc([C@@H](C)N)ccc1OCc1ccncc1Cl. The summed E-state index contributed by atoms with van der Waals surface area (Å²) in [6, 6.07) is 7.87. The lowest BCUT2D eigenvalue weighted by atomic mass is 10.1. The Balaban J connectivity index is 2.10. The zero-order valence-corrected chi connectivity index (χ0v) is 11.8. The molecule has 0 fully saturated rings. The first-order valence-electron chi connectivity index (χ1n) is 6.15. The molecule has 0 aliphatic rings. The molecular weight excluding hydrogens is 260 g/mol. The zero-order valence-electron chi connectivity index (χ0n) is 11.1. The Morgan fingerprint density at radius 1 is 1.37 bits per heavy atom. The van der Waals surface area contributed by atoms with Gasteiger partial charge in [0, 0.05) is 24.0 Å². The van der Waals surface area contributed by atoms with Crippen molar-refractivity contribution in [3.8, 4) is 5.75 Å². The number of aryl methyl sites for hydroxylation is 1. The van der Waals surface area contributed by atoms with Crippen LogP contribution in [-0.4, -0.2) is 4.98 Å². The molecule has 3 nitrogen and oxygen atoms in total. The molecule has 2 aromatic rings. The monoisotopic (exact) mass is 276 g/mol. The van der Waals surface area contributed by atoms with Crippen LogP contribution >= 0.6 is 11.6 Å². The Morgan fingerprint density at radius 3 is 2.79 bits per heavy atom. The Kier molecular flexibility index (Phi) is 4.40. The lowest BCUT2D eigenvalue weighted by molar-refractivity contribution is 0.304. The summed E-state index contributed by atoms with van der Waals surface area (Å²) >= 11 is 6.04. The molecule has 0 saturated heterocycles. The van der Waals surface area contributed by atoms with Crippen LogP contribution in [0.2, 0.25) is 5.02 Å². The second kappa shape index (κ2) is 6.04. The van der Waals surface area contributed by atoms with E-state index in [-0.39, 0.29) is 6.04 Å². The van der Waals surface area contributed by atoms with Crippen LogP contribution < -0.4 is 10.5 Å². The van der Waals surface area contributed by atoms with Crippen LogP contribution in [0, 0.1) is 6.92 Å². The second-order valence-electron chi connectivity index (χ2n) is 4.57. The van der Waals surface area contributed by atoms with Crippen LogP contribution in [0.15, 0.2) is 36.7 Å². The van der Waals surface area contributed by atoms with Gasteiger partial charge in [-0.15, -0.1) is 0 Å². The Morgan fingerprint density at radius 2 is 2.16 bits per heavy atom. The molecule has 1 aromatic heterocycles. The second-order valence-corrected chi connectivity index (χ2v) is 4.98. The average Bonchev–Trinajstić information content (AvgIpc) is 2.39. The van der Waals surface area contributed by atoms with E-state index in [1.165, 1.54) is 0 Å². The first kappa shape index (κ1) is 13.8. The molecule has 1 heterocycles. The van der Waals surface area contributed by atoms with Crippen LogP contribution in [0.4, 0.5) is 0 Å². The highest BCUT2D eigenvalue weighted by atomic mass is 35.5. The van der Waals surface area contributed by atoms with E-state index < -0.39 is 0 Å². The van der Waals surface area contributed by atoms with Crippen molar-refractivity contribution >= 4 is 11.6 Å². The number of ether oxygens (including phenoxy) is 1. The number of halogens is 1. The third-order valence-electron chi connectivity index (χ3n) is 2.96. The first-order valence-corrected chi connectivity index (χ1v) is 6.53. The summed E-state index contributed by atoms with van der Waals surface area (Å²) < 4.78 is 5.79. The van der Waals surface area contributed by atoms with Crippen molar-refractivity contribution in [1.82, 2.24) is 4.98 Å². The van der Waals surface area contributed by atoms with E-state index in [2.05, 4.69) is 4.98 Å². The van der Waals surface area contributed by atoms with Gasteiger partial charge >= 0.3 is 0 Å². The fourth-order valence-corrected chi connectivity index (χ4v) is 1.97. The molecule has 0 saturated carbocycles. The molecule has 0 unspecified atom stereocenters. The van der Waals surface area contributed by atoms with Gasteiger partial charge in [0.05, 0.1) is 5.02 Å². The quantitative estimate of drug-likeness (QED) is 0.927. The van der Waals surface area contributed by atoms with Crippen LogP contribution in [0.5, 0.6) is 5.75 Å². The van der Waals surface area contributed by atoms with E-state index in [4.69, 9.17) is 22.1 Å². The van der Waals surface area contributed by atoms with Crippen LogP contribution in [0.1, 0.15) is 29.7 Å². The molecule has 19 heavy (non-hydrogen) atoms. The van der Waals surface area contributed by atoms with E-state index in [1.54, 1.807) is 12.4 Å². The Bertz CT molecular complexity index is 570. The third-order valence-corrected chi connectivity index (χ3v) is 3.30. The Labute approximate surface area is 118 Å². The number of hydrogen-bond acceptors (Lipinski definition) is 3. The lowest BCUT2D eigenvalue weighted by Gasteiger charge is -2.12. The van der Waals surface area contributed by atoms with Gasteiger partial charge in [0.1, 0.15) is 12.4 Å². The molecule has 0 aliphatic carbocycles. The minimum atomic E-state index is 0.0300. The highest BCUT2D eigenvalue weighted by molar-refractivity contribution is 6.31. The molecule has 0 radical (unpaired) electrons. The molecule has 0 aliphatic heterocycles. The minimum absolute atomic E-state index is 0.0300. The summed E-state index contributed by atoms with van der Waals surface area (Å²) in [6.07, 6.45) is 3.32. The predicted molar refractivity (Wildman–Crippen MR) is 77.4 cm³/mol. The van der Waals surface area contributed by atoms with Crippen molar-refractivity contribution in [2.45, 2.75) is 26.5 Å². The minimum Gasteiger partial charge on any atom is -0.489 e. The summed E-state index contributed by atoms with van der Waals surface area (Å²) in [5, 5.41) is 0.618. The third kappa shape index (κ3) is 3.46. The lowest BCUT2D eigenvalue weighted by Crippen LogP contribution is -2.05. The predicted octanol–water partition coefficient (Wildman–Crippen LogP) is 3.64. The number of pyridine rings is 1. The van der Waals surface area contributed by atoms with Gasteiger partial charge in [-0.3, -0.25) is 4.98 Å². The van der Waals surface area contributed by atoms with Gasteiger partial charge in [-0.2, -0.15) is 0 Å². The highest BCUT2D eigenvalue weighted by Crippen LogP contribution is 2.23. The maximum atomic E-state index is 6.04. The number of hydrogen-bond donors (Lipinski definition) is 1. The maximum Gasteiger partial charge on any atom is 0.122 e. The average molecular weight is 277 g/mol. The van der Waals surface area contributed by atoms with Crippen molar-refractivity contribution in [3.63, 3.8) is 0 Å². The summed E-state index contributed by atoms with van der Waals surface area (Å²) in [4.78, 5) is 3.95. The molecule has 0 spiro atoms. The standard InChI is InChI=1S/C15H17ClN2O/c1-10-7-12(11(2)17)3-4-15(10)19-9-13-5-6-18-8-14(13)16/h3-8,11H,9,17H2,1-2H3/t11-/m1/s1. The van der Waals surface area contributed by atoms with Crippen molar-refractivity contribution in [3.05, 3.63) is 58.4 Å². The number of aromatic nitrogens is 1. The summed E-state index contributed by atoms with van der Waals surface area (Å²) in [6.45, 7) is 4.40. The molecule has 4 heteroatoms. The van der Waals surface area contributed by atoms with E-state index >= 15 is 0 Å². The fourth-order valence-electron chi connectivity index (χ4n) is 1.79. The largest absolute Gasteiger partial charge is 0.489 e. The van der Waals surface area contributed by atoms with Gasteiger partial charge in [0.25, 0.3) is 0 Å². The van der Waals surface area contributed by atoms with E-state index in [9.17, 15) is 0 Å². The van der Waals surface area contributed by atoms with Crippen LogP contribution in [0.3, 0.4) is 0 Å². The van der Waals surface area contributed by atoms with Gasteiger partial charge in [0.2, 0.25) is 0 Å². The summed E-state index contributed by atoms with van der Waals surface area (Å²) in [5.41, 5.74) is 8.95. The molecule has 0 bridgehead atoms. The van der Waals surface area contributed by atoms with Crippen LogP contribution in [-0.2, 0) is 6.61 Å². The van der Waals surface area contributed by atoms with Crippen molar-refractivity contribution < 1.29 is 4.74 Å². The van der Waals surface area contributed by atoms with Crippen molar-refractivity contribution in [1.29, 1.82) is 0 Å². The number of nitrogens with two attached hydrogens (primary N) is 1. The molecular formula is C15H17ClN2O. The molecule has 1 atom stereocenters. The number of rotatable bonds is 4. The molecule has 1 aromatic carbocycles. The van der Waals surface area contributed by atoms with E-state index in [0.29, 0.717) is 11.6 Å². The Hall–Kier alpha value is -1.58. The number of nitrogens with zero attached hydrogens (tertiary/aromatic N) is 1. The highest BCUT2D eigenvalue weighted by Gasteiger charge is 2.06. The maximum absolute atomic E-state index is 6.04. The van der Waals surface area contributed by atoms with Crippen LogP contribution in [0.25, 0.3) is 0 Å². The number of benzene rings is 1. The molecule has 2 N–H and O–H groups in total. The van der Waals surface area contributed by atoms with E-state index in [1.807, 2.05) is 38.1 Å². The smallest absolute Gasteiger partial charge is 0.122 e. The van der Waals surface area contributed by atoms with Gasteiger partial charge in [-0.05, 0) is 37.1 Å². The first-order chi connectivity index (χ1) is 9.08. The van der Waals surface area contributed by atoms with Gasteiger partial charge in [-0.25, -0.2) is 0 Å².